The Hall–Kier alpha value is -3.36. The summed E-state index contributed by atoms with van der Waals surface area (Å²) in [5, 5.41) is 9.73. The molecule has 43 heavy (non-hydrogen) atoms. The Kier molecular flexibility index (Phi) is 12.3. The van der Waals surface area contributed by atoms with E-state index in [9.17, 15) is 5.11 Å². The Morgan fingerprint density at radius 3 is 1.33 bits per heavy atom. The van der Waals surface area contributed by atoms with Gasteiger partial charge in [-0.3, -0.25) is 0 Å². The van der Waals surface area contributed by atoms with E-state index < -0.39 is 24.4 Å². The van der Waals surface area contributed by atoms with E-state index in [0.717, 1.165) is 22.3 Å². The minimum atomic E-state index is -0.453. The second kappa shape index (κ2) is 17.1. The van der Waals surface area contributed by atoms with Crippen LogP contribution in [0.2, 0.25) is 0 Å². The Balaban J connectivity index is 1.41. The molecule has 4 aromatic carbocycles. The molecule has 4 aromatic rings. The van der Waals surface area contributed by atoms with Crippen LogP contribution in [-0.4, -0.2) is 48.8 Å². The highest BCUT2D eigenvalue weighted by molar-refractivity contribution is 5.16. The van der Waals surface area contributed by atoms with Gasteiger partial charge in [-0.1, -0.05) is 121 Å². The molecule has 6 heteroatoms. The van der Waals surface area contributed by atoms with Crippen molar-refractivity contribution in [3.8, 4) is 0 Å². The molecule has 0 aromatic heterocycles. The Morgan fingerprint density at radius 2 is 0.884 bits per heavy atom. The van der Waals surface area contributed by atoms with Gasteiger partial charge in [-0.05, 0) is 35.1 Å². The number of ether oxygens (including phenoxy) is 5. The second-order valence-corrected chi connectivity index (χ2v) is 10.9. The van der Waals surface area contributed by atoms with E-state index >= 15 is 0 Å². The van der Waals surface area contributed by atoms with Gasteiger partial charge in [0.2, 0.25) is 0 Å². The molecule has 5 atom stereocenters. The van der Waals surface area contributed by atoms with Crippen LogP contribution in [-0.2, 0) is 50.1 Å². The summed E-state index contributed by atoms with van der Waals surface area (Å²) in [5.41, 5.74) is 4.30. The third kappa shape index (κ3) is 9.57. The van der Waals surface area contributed by atoms with Crippen LogP contribution in [0.25, 0.3) is 0 Å². The molecule has 6 nitrogen and oxygen atoms in total. The van der Waals surface area contributed by atoms with Crippen molar-refractivity contribution in [3.63, 3.8) is 0 Å². The summed E-state index contributed by atoms with van der Waals surface area (Å²) in [4.78, 5) is 0. The molecule has 0 amide bonds. The monoisotopic (exact) mass is 582 g/mol. The fraction of sp³-hybridized carbons (Fsp3) is 0.351. The van der Waals surface area contributed by atoms with Crippen molar-refractivity contribution >= 4 is 0 Å². The van der Waals surface area contributed by atoms with Crippen molar-refractivity contribution in [1.29, 1.82) is 0 Å². The molecule has 5 unspecified atom stereocenters. The number of benzene rings is 4. The average molecular weight is 583 g/mol. The highest BCUT2D eigenvalue weighted by Crippen LogP contribution is 2.32. The van der Waals surface area contributed by atoms with E-state index in [0.29, 0.717) is 45.9 Å². The zero-order chi connectivity index (χ0) is 29.5. The fourth-order valence-corrected chi connectivity index (χ4v) is 5.41. The Labute approximate surface area is 255 Å². The minimum Gasteiger partial charge on any atom is -0.396 e. The third-order valence-corrected chi connectivity index (χ3v) is 7.63. The Bertz CT molecular complexity index is 1290. The van der Waals surface area contributed by atoms with Crippen molar-refractivity contribution in [2.45, 2.75) is 69.8 Å². The Morgan fingerprint density at radius 1 is 0.488 bits per heavy atom. The van der Waals surface area contributed by atoms with Crippen molar-refractivity contribution in [1.82, 2.24) is 0 Å². The van der Waals surface area contributed by atoms with E-state index in [1.165, 1.54) is 0 Å². The van der Waals surface area contributed by atoms with Crippen LogP contribution in [0.15, 0.2) is 121 Å². The molecule has 1 fully saturated rings. The van der Waals surface area contributed by atoms with Gasteiger partial charge in [-0.15, -0.1) is 0 Å². The van der Waals surface area contributed by atoms with Crippen LogP contribution >= 0.6 is 0 Å². The lowest BCUT2D eigenvalue weighted by Gasteiger charge is -2.46. The topological polar surface area (TPSA) is 66.4 Å². The highest BCUT2D eigenvalue weighted by Gasteiger charge is 2.48. The molecule has 0 spiro atoms. The molecule has 1 aliphatic rings. The molecule has 226 valence electrons. The highest BCUT2D eigenvalue weighted by atomic mass is 16.6. The van der Waals surface area contributed by atoms with Crippen LogP contribution in [0.3, 0.4) is 0 Å². The lowest BCUT2D eigenvalue weighted by atomic mass is 9.91. The first kappa shape index (κ1) is 31.1. The first-order chi connectivity index (χ1) is 21.3. The predicted molar refractivity (Wildman–Crippen MR) is 166 cm³/mol. The molecule has 1 heterocycles. The van der Waals surface area contributed by atoms with Crippen molar-refractivity contribution in [2.24, 2.45) is 0 Å². The van der Waals surface area contributed by atoms with Crippen molar-refractivity contribution < 1.29 is 28.8 Å². The van der Waals surface area contributed by atoms with E-state index in [1.807, 2.05) is 84.9 Å². The first-order valence-corrected chi connectivity index (χ1v) is 15.1. The molecule has 0 radical (unpaired) electrons. The molecule has 1 N–H and O–H groups in total. The van der Waals surface area contributed by atoms with Gasteiger partial charge in [-0.2, -0.15) is 0 Å². The van der Waals surface area contributed by atoms with Gasteiger partial charge in [0.15, 0.2) is 0 Å². The first-order valence-electron chi connectivity index (χ1n) is 15.1. The molecule has 1 aliphatic heterocycles. The van der Waals surface area contributed by atoms with Crippen LogP contribution in [0, 0.1) is 0 Å². The molecular weight excluding hydrogens is 540 g/mol. The maximum Gasteiger partial charge on any atom is 0.115 e. The molecule has 1 saturated heterocycles. The fourth-order valence-electron chi connectivity index (χ4n) is 5.41. The lowest BCUT2D eigenvalue weighted by Crippen LogP contribution is -2.61. The van der Waals surface area contributed by atoms with Crippen molar-refractivity contribution in [3.05, 3.63) is 144 Å². The van der Waals surface area contributed by atoms with Gasteiger partial charge < -0.3 is 28.8 Å². The zero-order valence-electron chi connectivity index (χ0n) is 24.6. The number of aliphatic hydroxyl groups is 1. The number of rotatable bonds is 16. The van der Waals surface area contributed by atoms with Crippen LogP contribution in [0.5, 0.6) is 0 Å². The van der Waals surface area contributed by atoms with Gasteiger partial charge in [0.05, 0.1) is 39.1 Å². The smallest absolute Gasteiger partial charge is 0.115 e. The minimum absolute atomic E-state index is 0.0733. The number of aliphatic hydroxyl groups excluding tert-OH is 1. The summed E-state index contributed by atoms with van der Waals surface area (Å²) < 4.78 is 33.0. The zero-order valence-corrected chi connectivity index (χ0v) is 24.6. The van der Waals surface area contributed by atoms with Crippen molar-refractivity contribution in [2.75, 3.05) is 13.2 Å². The SMILES string of the molecule is OCCCC1OC(COCc2ccccc2)C(OCc2ccccc2)C(OCc2ccccc2)C1OCc1ccccc1. The van der Waals surface area contributed by atoms with Crippen LogP contribution in [0.1, 0.15) is 35.1 Å². The average Bonchev–Trinajstić information content (AvgIpc) is 3.07. The number of hydrogen-bond donors (Lipinski definition) is 1. The summed E-state index contributed by atoms with van der Waals surface area (Å²) in [6.07, 6.45) is -0.786. The second-order valence-electron chi connectivity index (χ2n) is 10.9. The standard InChI is InChI=1S/C37H42O6/c38-23-13-22-33-35(40-25-30-16-7-2-8-17-30)37(42-27-32-20-11-4-12-21-32)36(41-26-31-18-9-3-10-19-31)34(43-33)28-39-24-29-14-5-1-6-15-29/h1-12,14-21,33-38H,13,22-28H2. The van der Waals surface area contributed by atoms with E-state index in [-0.39, 0.29) is 12.7 Å². The van der Waals surface area contributed by atoms with Gasteiger partial charge in [0.1, 0.15) is 24.4 Å². The van der Waals surface area contributed by atoms with E-state index in [1.54, 1.807) is 0 Å². The van der Waals surface area contributed by atoms with E-state index in [4.69, 9.17) is 23.7 Å². The summed E-state index contributed by atoms with van der Waals surface area (Å²) in [7, 11) is 0. The lowest BCUT2D eigenvalue weighted by molar-refractivity contribution is -0.273. The molecule has 0 saturated carbocycles. The maximum absolute atomic E-state index is 9.73. The number of hydrogen-bond acceptors (Lipinski definition) is 6. The summed E-state index contributed by atoms with van der Waals surface area (Å²) in [6, 6.07) is 40.5. The summed E-state index contributed by atoms with van der Waals surface area (Å²) in [5.74, 6) is 0. The van der Waals surface area contributed by atoms with Gasteiger partial charge in [0.25, 0.3) is 0 Å². The summed E-state index contributed by atoms with van der Waals surface area (Å²) in [6.45, 7) is 2.10. The predicted octanol–water partition coefficient (Wildman–Crippen LogP) is 6.50. The largest absolute Gasteiger partial charge is 0.396 e. The van der Waals surface area contributed by atoms with Gasteiger partial charge >= 0.3 is 0 Å². The maximum atomic E-state index is 9.73. The van der Waals surface area contributed by atoms with Crippen LogP contribution in [0.4, 0.5) is 0 Å². The van der Waals surface area contributed by atoms with E-state index in [2.05, 4.69) is 36.4 Å². The molecule has 0 bridgehead atoms. The third-order valence-electron chi connectivity index (χ3n) is 7.63. The quantitative estimate of drug-likeness (QED) is 0.163. The normalized spacial score (nSPS) is 21.9. The molecule has 0 aliphatic carbocycles. The van der Waals surface area contributed by atoms with Gasteiger partial charge in [-0.25, -0.2) is 0 Å². The van der Waals surface area contributed by atoms with Gasteiger partial charge in [0, 0.05) is 6.61 Å². The van der Waals surface area contributed by atoms with Crippen LogP contribution < -0.4 is 0 Å². The molecule has 5 rings (SSSR count). The molecular formula is C37H42O6. The summed E-state index contributed by atoms with van der Waals surface area (Å²) >= 11 is 0.